The number of carboxylic acids is 1. The monoisotopic (exact) mass is 375 g/mol. The minimum Gasteiger partial charge on any atom is -0.497 e. The molecule has 0 unspecified atom stereocenters. The van der Waals surface area contributed by atoms with Gasteiger partial charge in [0.1, 0.15) is 11.5 Å². The van der Waals surface area contributed by atoms with Gasteiger partial charge >= 0.3 is 5.97 Å². The first-order valence-electron chi connectivity index (χ1n) is 9.77. The van der Waals surface area contributed by atoms with Gasteiger partial charge in [-0.2, -0.15) is 0 Å². The number of hydrogen-bond donors (Lipinski definition) is 1. The van der Waals surface area contributed by atoms with E-state index in [9.17, 15) is 14.7 Å². The van der Waals surface area contributed by atoms with Crippen molar-refractivity contribution in [2.24, 2.45) is 11.8 Å². The number of carbonyl (C=O) groups is 2. The van der Waals surface area contributed by atoms with Crippen LogP contribution in [0, 0.1) is 11.8 Å². The van der Waals surface area contributed by atoms with Crippen LogP contribution in [0.4, 0.5) is 0 Å². The Morgan fingerprint density at radius 3 is 2.37 bits per heavy atom. The summed E-state index contributed by atoms with van der Waals surface area (Å²) in [5, 5.41) is 9.26. The van der Waals surface area contributed by atoms with Crippen LogP contribution in [0.3, 0.4) is 0 Å². The van der Waals surface area contributed by atoms with Crippen LogP contribution in [0.5, 0.6) is 11.5 Å². The molecular formula is C21H29NO5. The zero-order valence-corrected chi connectivity index (χ0v) is 16.1. The van der Waals surface area contributed by atoms with E-state index >= 15 is 0 Å². The quantitative estimate of drug-likeness (QED) is 0.790. The van der Waals surface area contributed by atoms with Gasteiger partial charge < -0.3 is 19.5 Å². The summed E-state index contributed by atoms with van der Waals surface area (Å²) in [5.74, 6) is 0.170. The van der Waals surface area contributed by atoms with Crippen molar-refractivity contribution in [2.75, 3.05) is 14.2 Å². The molecule has 3 rings (SSSR count). The maximum absolute atomic E-state index is 13.3. The molecule has 0 aromatic heterocycles. The van der Waals surface area contributed by atoms with Crippen LogP contribution in [0.1, 0.15) is 50.5 Å². The van der Waals surface area contributed by atoms with E-state index in [4.69, 9.17) is 9.47 Å². The van der Waals surface area contributed by atoms with Gasteiger partial charge in [0.25, 0.3) is 0 Å². The number of carboxylic acid groups (broad SMARTS) is 1. The number of amides is 1. The summed E-state index contributed by atoms with van der Waals surface area (Å²) in [5.41, 5.74) is 0.950. The zero-order chi connectivity index (χ0) is 19.4. The molecule has 2 aliphatic rings. The van der Waals surface area contributed by atoms with E-state index in [1.807, 2.05) is 23.1 Å². The Bertz CT molecular complexity index is 683. The molecule has 148 valence electrons. The fourth-order valence-electron chi connectivity index (χ4n) is 4.43. The summed E-state index contributed by atoms with van der Waals surface area (Å²) in [6.45, 7) is 0.491. The third kappa shape index (κ3) is 4.37. The topological polar surface area (TPSA) is 76.1 Å². The smallest absolute Gasteiger partial charge is 0.306 e. The van der Waals surface area contributed by atoms with Crippen LogP contribution in [0.25, 0.3) is 0 Å². The molecule has 2 aliphatic carbocycles. The summed E-state index contributed by atoms with van der Waals surface area (Å²) in [4.78, 5) is 26.6. The highest BCUT2D eigenvalue weighted by molar-refractivity contribution is 5.81. The SMILES string of the molecule is COc1ccc(CN(C(=O)[C@H]2CC[C@@H](C(=O)O)C2)C2CCCC2)c(OC)c1. The molecule has 0 saturated heterocycles. The lowest BCUT2D eigenvalue weighted by Crippen LogP contribution is -2.41. The molecular weight excluding hydrogens is 346 g/mol. The number of aliphatic carboxylic acids is 1. The van der Waals surface area contributed by atoms with Crippen LogP contribution in [-0.2, 0) is 16.1 Å². The van der Waals surface area contributed by atoms with Gasteiger partial charge in [-0.3, -0.25) is 9.59 Å². The molecule has 0 bridgehead atoms. The summed E-state index contributed by atoms with van der Waals surface area (Å²) in [7, 11) is 3.23. The maximum Gasteiger partial charge on any atom is 0.306 e. The Labute approximate surface area is 160 Å². The van der Waals surface area contributed by atoms with Gasteiger partial charge in [0, 0.05) is 30.1 Å². The summed E-state index contributed by atoms with van der Waals surface area (Å²) >= 11 is 0. The van der Waals surface area contributed by atoms with Gasteiger partial charge in [-0.15, -0.1) is 0 Å². The van der Waals surface area contributed by atoms with Crippen LogP contribution in [-0.4, -0.2) is 42.1 Å². The summed E-state index contributed by atoms with van der Waals surface area (Å²) < 4.78 is 10.8. The molecule has 1 N–H and O–H groups in total. The van der Waals surface area contributed by atoms with Crippen LogP contribution < -0.4 is 9.47 Å². The van der Waals surface area contributed by atoms with Crippen molar-refractivity contribution in [2.45, 2.75) is 57.5 Å². The van der Waals surface area contributed by atoms with Gasteiger partial charge in [-0.05, 0) is 44.2 Å². The number of rotatable bonds is 7. The third-order valence-corrected chi connectivity index (χ3v) is 6.01. The largest absolute Gasteiger partial charge is 0.497 e. The first-order valence-corrected chi connectivity index (χ1v) is 9.77. The molecule has 0 heterocycles. The Kier molecular flexibility index (Phi) is 6.24. The fourth-order valence-corrected chi connectivity index (χ4v) is 4.43. The van der Waals surface area contributed by atoms with E-state index in [1.54, 1.807) is 14.2 Å². The van der Waals surface area contributed by atoms with Gasteiger partial charge in [-0.1, -0.05) is 12.8 Å². The summed E-state index contributed by atoms with van der Waals surface area (Å²) in [6.07, 6.45) is 6.01. The number of methoxy groups -OCH3 is 2. The second-order valence-corrected chi connectivity index (χ2v) is 7.63. The minimum atomic E-state index is -0.783. The molecule has 2 atom stereocenters. The number of nitrogens with zero attached hydrogens (tertiary/aromatic N) is 1. The molecule has 0 aliphatic heterocycles. The standard InChI is InChI=1S/C21H29NO5/c1-26-18-10-9-16(19(12-18)27-2)13-22(17-5-3-4-6-17)20(23)14-7-8-15(11-14)21(24)25/h9-10,12,14-15,17H,3-8,11,13H2,1-2H3,(H,24,25)/t14-,15+/m0/s1. The van der Waals surface area contributed by atoms with Crippen molar-refractivity contribution in [1.29, 1.82) is 0 Å². The van der Waals surface area contributed by atoms with Crippen LogP contribution >= 0.6 is 0 Å². The van der Waals surface area contributed by atoms with E-state index in [0.29, 0.717) is 31.6 Å². The van der Waals surface area contributed by atoms with E-state index in [2.05, 4.69) is 0 Å². The summed E-state index contributed by atoms with van der Waals surface area (Å²) in [6, 6.07) is 5.89. The van der Waals surface area contributed by atoms with Gasteiger partial charge in [0.2, 0.25) is 5.91 Å². The van der Waals surface area contributed by atoms with Crippen molar-refractivity contribution < 1.29 is 24.2 Å². The molecule has 1 amide bonds. The molecule has 1 aromatic rings. The second kappa shape index (κ2) is 8.63. The average molecular weight is 375 g/mol. The van der Waals surface area contributed by atoms with Crippen LogP contribution in [0.2, 0.25) is 0 Å². The van der Waals surface area contributed by atoms with E-state index in [-0.39, 0.29) is 23.8 Å². The molecule has 1 aromatic carbocycles. The van der Waals surface area contributed by atoms with Crippen molar-refractivity contribution in [1.82, 2.24) is 4.90 Å². The molecule has 0 spiro atoms. The predicted octanol–water partition coefficient (Wildman–Crippen LogP) is 3.48. The minimum absolute atomic E-state index is 0.100. The number of hydrogen-bond acceptors (Lipinski definition) is 4. The molecule has 27 heavy (non-hydrogen) atoms. The number of ether oxygens (including phenoxy) is 2. The number of benzene rings is 1. The van der Waals surface area contributed by atoms with Gasteiger partial charge in [0.05, 0.1) is 20.1 Å². The normalized spacial score (nSPS) is 22.6. The fraction of sp³-hybridized carbons (Fsp3) is 0.619. The molecule has 2 saturated carbocycles. The second-order valence-electron chi connectivity index (χ2n) is 7.63. The lowest BCUT2D eigenvalue weighted by molar-refractivity contribution is -0.142. The Morgan fingerprint density at radius 1 is 1.07 bits per heavy atom. The highest BCUT2D eigenvalue weighted by Crippen LogP contribution is 2.36. The lowest BCUT2D eigenvalue weighted by Gasteiger charge is -2.32. The van der Waals surface area contributed by atoms with E-state index in [1.165, 1.54) is 0 Å². The Morgan fingerprint density at radius 2 is 1.78 bits per heavy atom. The van der Waals surface area contributed by atoms with E-state index in [0.717, 1.165) is 37.0 Å². The molecule has 6 nitrogen and oxygen atoms in total. The molecule has 0 radical (unpaired) electrons. The van der Waals surface area contributed by atoms with Gasteiger partial charge in [-0.25, -0.2) is 0 Å². The highest BCUT2D eigenvalue weighted by atomic mass is 16.5. The Balaban J connectivity index is 1.80. The first-order chi connectivity index (χ1) is 13.0. The van der Waals surface area contributed by atoms with Crippen LogP contribution in [0.15, 0.2) is 18.2 Å². The number of carbonyl (C=O) groups excluding carboxylic acids is 1. The van der Waals surface area contributed by atoms with Gasteiger partial charge in [0.15, 0.2) is 0 Å². The molecule has 6 heteroatoms. The average Bonchev–Trinajstić information content (AvgIpc) is 3.37. The van der Waals surface area contributed by atoms with Crippen molar-refractivity contribution in [3.63, 3.8) is 0 Å². The lowest BCUT2D eigenvalue weighted by atomic mass is 10.0. The van der Waals surface area contributed by atoms with Crippen molar-refractivity contribution in [3.05, 3.63) is 23.8 Å². The van der Waals surface area contributed by atoms with Crippen molar-refractivity contribution >= 4 is 11.9 Å². The maximum atomic E-state index is 13.3. The Hall–Kier alpha value is -2.24. The third-order valence-electron chi connectivity index (χ3n) is 6.01. The first kappa shape index (κ1) is 19.5. The zero-order valence-electron chi connectivity index (χ0n) is 16.1. The van der Waals surface area contributed by atoms with E-state index < -0.39 is 5.97 Å². The van der Waals surface area contributed by atoms with Crippen molar-refractivity contribution in [3.8, 4) is 11.5 Å². The highest BCUT2D eigenvalue weighted by Gasteiger charge is 2.38. The predicted molar refractivity (Wildman–Crippen MR) is 101 cm³/mol. The molecule has 2 fully saturated rings.